The van der Waals surface area contributed by atoms with Crippen LogP contribution in [0.4, 0.5) is 0 Å². The zero-order chi connectivity index (χ0) is 8.43. The zero-order valence-electron chi connectivity index (χ0n) is 7.02. The van der Waals surface area contributed by atoms with Gasteiger partial charge in [-0.25, -0.2) is 0 Å². The molecular formula is C9H8BrOY-. The van der Waals surface area contributed by atoms with Gasteiger partial charge in [-0.2, -0.15) is 23.3 Å². The minimum Gasteiger partial charge on any atom is -0.312 e. The summed E-state index contributed by atoms with van der Waals surface area (Å²) in [5.74, 6) is 0. The molecular weight excluding hydrogens is 293 g/mol. The molecule has 12 heavy (non-hydrogen) atoms. The summed E-state index contributed by atoms with van der Waals surface area (Å²) in [6.45, 7) is 3.83. The molecule has 0 aromatic heterocycles. The minimum absolute atomic E-state index is 0. The summed E-state index contributed by atoms with van der Waals surface area (Å²) in [6.07, 6.45) is 0.843. The van der Waals surface area contributed by atoms with E-state index in [1.54, 1.807) is 0 Å². The predicted molar refractivity (Wildman–Crippen MR) is 47.8 cm³/mol. The molecule has 0 heterocycles. The van der Waals surface area contributed by atoms with Crippen molar-refractivity contribution in [1.82, 2.24) is 0 Å². The minimum atomic E-state index is 0. The normalized spacial score (nSPS) is 8.92. The number of rotatable bonds is 1. The van der Waals surface area contributed by atoms with E-state index >= 15 is 0 Å². The molecule has 1 aromatic rings. The van der Waals surface area contributed by atoms with Crippen LogP contribution in [0.2, 0.25) is 0 Å². The van der Waals surface area contributed by atoms with Crippen molar-refractivity contribution < 1.29 is 37.5 Å². The van der Waals surface area contributed by atoms with Gasteiger partial charge in [-0.1, -0.05) is 39.8 Å². The van der Waals surface area contributed by atoms with Gasteiger partial charge in [-0.05, 0) is 0 Å². The summed E-state index contributed by atoms with van der Waals surface area (Å²) in [4.78, 5) is 10.5. The van der Waals surface area contributed by atoms with Gasteiger partial charge in [-0.3, -0.25) is 0 Å². The van der Waals surface area contributed by atoms with E-state index in [2.05, 4.69) is 22.0 Å². The molecule has 0 saturated heterocycles. The van der Waals surface area contributed by atoms with E-state index in [1.807, 2.05) is 19.9 Å². The van der Waals surface area contributed by atoms with Crippen LogP contribution in [0.5, 0.6) is 0 Å². The van der Waals surface area contributed by atoms with E-state index in [9.17, 15) is 4.79 Å². The maximum Gasteiger partial charge on any atom is 0.0963 e. The van der Waals surface area contributed by atoms with E-state index < -0.39 is 0 Å². The topological polar surface area (TPSA) is 17.1 Å². The molecule has 0 bridgehead atoms. The van der Waals surface area contributed by atoms with Crippen molar-refractivity contribution >= 4 is 22.2 Å². The first-order chi connectivity index (χ1) is 5.15. The Bertz CT molecular complexity index is 274. The van der Waals surface area contributed by atoms with Gasteiger partial charge in [-0.15, -0.1) is 0 Å². The molecule has 0 atom stereocenters. The van der Waals surface area contributed by atoms with Crippen LogP contribution in [0.1, 0.15) is 21.5 Å². The molecule has 61 valence electrons. The Morgan fingerprint density at radius 2 is 2.08 bits per heavy atom. The fourth-order valence-corrected chi connectivity index (χ4v) is 1.73. The molecule has 0 N–H and O–H groups in total. The third-order valence-electron chi connectivity index (χ3n) is 1.51. The molecule has 0 amide bonds. The van der Waals surface area contributed by atoms with Crippen LogP contribution in [0.3, 0.4) is 0 Å². The van der Waals surface area contributed by atoms with Gasteiger partial charge in [0.05, 0.1) is 6.29 Å². The van der Waals surface area contributed by atoms with Gasteiger partial charge in [0.15, 0.2) is 0 Å². The third kappa shape index (κ3) is 2.75. The quantitative estimate of drug-likeness (QED) is 0.576. The molecule has 0 saturated carbocycles. The molecule has 0 fully saturated rings. The summed E-state index contributed by atoms with van der Waals surface area (Å²) in [6, 6.07) is 4.95. The summed E-state index contributed by atoms with van der Waals surface area (Å²) in [5.41, 5.74) is 2.63. The fraction of sp³-hybridized carbons (Fsp3) is 0.222. The van der Waals surface area contributed by atoms with Crippen molar-refractivity contribution in [3.05, 3.63) is 33.3 Å². The second-order valence-corrected chi connectivity index (χ2v) is 3.31. The number of aryl methyl sites for hydroxylation is 2. The van der Waals surface area contributed by atoms with Gasteiger partial charge in [0.2, 0.25) is 0 Å². The first kappa shape index (κ1) is 12.5. The number of carbonyl (C=O) groups excluding carboxylic acids is 1. The van der Waals surface area contributed by atoms with E-state index in [0.29, 0.717) is 5.56 Å². The first-order valence-corrected chi connectivity index (χ1v) is 4.08. The smallest absolute Gasteiger partial charge is 0.0963 e. The van der Waals surface area contributed by atoms with Crippen LogP contribution >= 0.6 is 15.9 Å². The number of benzene rings is 1. The maximum atomic E-state index is 10.5. The molecule has 0 aliphatic rings. The summed E-state index contributed by atoms with van der Waals surface area (Å²) in [7, 11) is 0. The van der Waals surface area contributed by atoms with Gasteiger partial charge in [0.1, 0.15) is 0 Å². The Labute approximate surface area is 106 Å². The number of aldehydes is 1. The van der Waals surface area contributed by atoms with Crippen molar-refractivity contribution in [2.75, 3.05) is 0 Å². The van der Waals surface area contributed by atoms with Crippen LogP contribution in [-0.2, 0) is 32.7 Å². The van der Waals surface area contributed by atoms with Crippen molar-refractivity contribution in [2.45, 2.75) is 13.8 Å². The van der Waals surface area contributed by atoms with Gasteiger partial charge in [0.25, 0.3) is 0 Å². The second kappa shape index (κ2) is 5.26. The summed E-state index contributed by atoms with van der Waals surface area (Å²) in [5, 5.41) is 0. The van der Waals surface area contributed by atoms with Crippen molar-refractivity contribution in [3.8, 4) is 0 Å². The standard InChI is InChI=1S/C9H8BrO.Y/c1-6-3-7(2)8(5-11)9(10)4-6;/h4-5H,1-2H3;/q-1;. The molecule has 3 heteroatoms. The monoisotopic (exact) mass is 300 g/mol. The third-order valence-corrected chi connectivity index (χ3v) is 2.16. The van der Waals surface area contributed by atoms with Crippen molar-refractivity contribution in [1.29, 1.82) is 0 Å². The molecule has 0 aliphatic carbocycles. The first-order valence-electron chi connectivity index (χ1n) is 3.29. The molecule has 1 nitrogen and oxygen atoms in total. The molecule has 1 rings (SSSR count). The summed E-state index contributed by atoms with van der Waals surface area (Å²) < 4.78 is 0.848. The Hall–Kier alpha value is 0.474. The average Bonchev–Trinajstić information content (AvgIpc) is 1.85. The van der Waals surface area contributed by atoms with E-state index in [-0.39, 0.29) is 32.7 Å². The molecule has 0 aliphatic heterocycles. The van der Waals surface area contributed by atoms with Crippen molar-refractivity contribution in [3.63, 3.8) is 0 Å². The number of hydrogen-bond donors (Lipinski definition) is 0. The number of halogens is 1. The van der Waals surface area contributed by atoms with Crippen LogP contribution in [0.15, 0.2) is 10.5 Å². The zero-order valence-corrected chi connectivity index (χ0v) is 11.4. The number of carbonyl (C=O) groups is 1. The van der Waals surface area contributed by atoms with Gasteiger partial charge < -0.3 is 4.79 Å². The Balaban J connectivity index is 0.00000121. The average molecular weight is 301 g/mol. The molecule has 0 spiro atoms. The predicted octanol–water partition coefficient (Wildman–Crippen LogP) is 2.68. The van der Waals surface area contributed by atoms with Crippen LogP contribution < -0.4 is 0 Å². The summed E-state index contributed by atoms with van der Waals surface area (Å²) >= 11 is 3.31. The van der Waals surface area contributed by atoms with Crippen LogP contribution in [0.25, 0.3) is 0 Å². The van der Waals surface area contributed by atoms with Crippen LogP contribution in [0, 0.1) is 19.9 Å². The molecule has 1 aromatic carbocycles. The SMILES string of the molecule is Cc1[c-]c(C)c(C=O)c(Br)c1.[Y]. The number of hydrogen-bond acceptors (Lipinski definition) is 1. The van der Waals surface area contributed by atoms with E-state index in [4.69, 9.17) is 0 Å². The largest absolute Gasteiger partial charge is 0.312 e. The van der Waals surface area contributed by atoms with Gasteiger partial charge in [0, 0.05) is 32.7 Å². The van der Waals surface area contributed by atoms with Crippen LogP contribution in [-0.4, -0.2) is 6.29 Å². The Kier molecular flexibility index (Phi) is 5.46. The van der Waals surface area contributed by atoms with E-state index in [0.717, 1.165) is 21.9 Å². The second-order valence-electron chi connectivity index (χ2n) is 2.46. The molecule has 1 radical (unpaired) electrons. The van der Waals surface area contributed by atoms with E-state index in [1.165, 1.54) is 0 Å². The molecule has 0 unspecified atom stereocenters. The van der Waals surface area contributed by atoms with Gasteiger partial charge >= 0.3 is 0 Å². The Morgan fingerprint density at radius 1 is 1.50 bits per heavy atom. The maximum absolute atomic E-state index is 10.5. The van der Waals surface area contributed by atoms with Crippen molar-refractivity contribution in [2.24, 2.45) is 0 Å². The Morgan fingerprint density at radius 3 is 2.50 bits per heavy atom. The fourth-order valence-electron chi connectivity index (χ4n) is 0.991.